The van der Waals surface area contributed by atoms with E-state index in [1.54, 1.807) is 19.5 Å². The average molecular weight is 398 g/mol. The van der Waals surface area contributed by atoms with Crippen LogP contribution in [0.5, 0.6) is 0 Å². The van der Waals surface area contributed by atoms with Gasteiger partial charge in [-0.1, -0.05) is 18.6 Å². The van der Waals surface area contributed by atoms with Crippen molar-refractivity contribution >= 4 is 19.2 Å². The maximum absolute atomic E-state index is 9.80. The lowest BCUT2D eigenvalue weighted by Crippen LogP contribution is -3.00. The van der Waals surface area contributed by atoms with Gasteiger partial charge in [0.2, 0.25) is 19.2 Å². The summed E-state index contributed by atoms with van der Waals surface area (Å²) in [6.07, 6.45) is 4.79. The monoisotopic (exact) mass is 397 g/mol. The zero-order valence-corrected chi connectivity index (χ0v) is 17.0. The van der Waals surface area contributed by atoms with Crippen molar-refractivity contribution in [2.24, 2.45) is 11.5 Å². The van der Waals surface area contributed by atoms with Crippen molar-refractivity contribution in [3.05, 3.63) is 23.5 Å². The second-order valence-electron chi connectivity index (χ2n) is 5.35. The Bertz CT molecular complexity index is 366. The molecule has 6 N–H and O–H groups in total. The first-order chi connectivity index (χ1) is 11.1. The zero-order valence-electron chi connectivity index (χ0n) is 16.3. The molecule has 0 aliphatic carbocycles. The summed E-state index contributed by atoms with van der Waals surface area (Å²) in [7, 11) is 1.62. The Balaban J connectivity index is -0.0000000532. The Morgan fingerprint density at radius 2 is 1.38 bits per heavy atom. The number of nitrogens with one attached hydrogen (secondary N) is 2. The number of amides is 3. The summed E-state index contributed by atoms with van der Waals surface area (Å²) in [5.41, 5.74) is 11.2. The molecule has 26 heavy (non-hydrogen) atoms. The normalized spacial score (nSPS) is 7.50. The van der Waals surface area contributed by atoms with Gasteiger partial charge in [0.25, 0.3) is 0 Å². The van der Waals surface area contributed by atoms with Gasteiger partial charge in [-0.15, -0.1) is 0 Å². The van der Waals surface area contributed by atoms with Crippen molar-refractivity contribution < 1.29 is 31.5 Å². The highest BCUT2D eigenvalue weighted by Crippen LogP contribution is 2.03. The van der Waals surface area contributed by atoms with Crippen LogP contribution < -0.4 is 34.5 Å². The first-order valence-corrected chi connectivity index (χ1v) is 7.14. The molecule has 0 aromatic heterocycles. The summed E-state index contributed by atoms with van der Waals surface area (Å²) in [5.74, 6) is 0. The highest BCUT2D eigenvalue weighted by atomic mass is 35.5. The van der Waals surface area contributed by atoms with E-state index in [0.717, 1.165) is 11.1 Å². The van der Waals surface area contributed by atoms with Crippen molar-refractivity contribution in [2.75, 3.05) is 13.7 Å². The third-order valence-corrected chi connectivity index (χ3v) is 1.94. The minimum Gasteiger partial charge on any atom is -1.00 e. The van der Waals surface area contributed by atoms with Crippen LogP contribution in [0, 0.1) is 0 Å². The van der Waals surface area contributed by atoms with Gasteiger partial charge in [-0.25, -0.2) is 0 Å². The molecule has 0 rings (SSSR count). The van der Waals surface area contributed by atoms with Crippen LogP contribution in [-0.2, 0) is 19.1 Å². The van der Waals surface area contributed by atoms with E-state index in [0.29, 0.717) is 19.4 Å². The fourth-order valence-corrected chi connectivity index (χ4v) is 0.560. The molecule has 0 heterocycles. The van der Waals surface area contributed by atoms with Crippen LogP contribution in [-0.4, -0.2) is 38.5 Å². The molecule has 0 atom stereocenters. The molecule has 0 fully saturated rings. The van der Waals surface area contributed by atoms with Crippen LogP contribution in [0.3, 0.4) is 0 Å². The SMILES string of the molecule is C.CC(C)=CN.CC(C)=CNC=O.COC(C)(C)CNC=O.NC=O.[Cl-]. The third-order valence-electron chi connectivity index (χ3n) is 1.94. The van der Waals surface area contributed by atoms with Crippen LogP contribution in [0.4, 0.5) is 0 Å². The molecule has 0 bridgehead atoms. The second-order valence-corrected chi connectivity index (χ2v) is 5.35. The minimum absolute atomic E-state index is 0. The number of carbonyl (C=O) groups excluding carboxylic acids is 3. The topological polar surface area (TPSA) is 137 Å². The Hall–Kier alpha value is -2.06. The quantitative estimate of drug-likeness (QED) is 0.401. The van der Waals surface area contributed by atoms with E-state index >= 15 is 0 Å². The number of rotatable bonds is 6. The molecule has 9 heteroatoms. The molecule has 0 aromatic rings. The van der Waals surface area contributed by atoms with Crippen LogP contribution in [0.15, 0.2) is 23.5 Å². The van der Waals surface area contributed by atoms with Gasteiger partial charge in [0.15, 0.2) is 0 Å². The van der Waals surface area contributed by atoms with E-state index in [1.165, 1.54) is 0 Å². The van der Waals surface area contributed by atoms with Gasteiger partial charge in [-0.3, -0.25) is 14.4 Å². The van der Waals surface area contributed by atoms with E-state index in [2.05, 4.69) is 16.4 Å². The van der Waals surface area contributed by atoms with E-state index < -0.39 is 0 Å². The summed E-state index contributed by atoms with van der Waals surface area (Å²) in [4.78, 5) is 27.9. The average Bonchev–Trinajstić information content (AvgIpc) is 2.53. The van der Waals surface area contributed by atoms with Crippen molar-refractivity contribution in [3.63, 3.8) is 0 Å². The number of hydrogen-bond donors (Lipinski definition) is 4. The maximum atomic E-state index is 9.80. The number of ether oxygens (including phenoxy) is 1. The summed E-state index contributed by atoms with van der Waals surface area (Å²) in [6.45, 7) is 12.1. The Kier molecular flexibility index (Phi) is 46.3. The highest BCUT2D eigenvalue weighted by molar-refractivity contribution is 5.48. The molecular formula is C17H38ClN4O4-. The molecule has 0 aliphatic heterocycles. The molecule has 0 aliphatic rings. The lowest BCUT2D eigenvalue weighted by Gasteiger charge is -2.21. The largest absolute Gasteiger partial charge is 1.00 e. The number of primary amides is 1. The minimum atomic E-state index is -0.249. The van der Waals surface area contributed by atoms with E-state index in [-0.39, 0.29) is 31.8 Å². The van der Waals surface area contributed by atoms with Crippen LogP contribution in [0.1, 0.15) is 49.0 Å². The van der Waals surface area contributed by atoms with Gasteiger partial charge in [-0.05, 0) is 47.7 Å². The Morgan fingerprint density at radius 3 is 1.54 bits per heavy atom. The van der Waals surface area contributed by atoms with Crippen LogP contribution in [0.2, 0.25) is 0 Å². The lowest BCUT2D eigenvalue weighted by molar-refractivity contribution is -0.111. The predicted molar refractivity (Wildman–Crippen MR) is 104 cm³/mol. The Morgan fingerprint density at radius 1 is 1.00 bits per heavy atom. The molecule has 0 saturated heterocycles. The highest BCUT2D eigenvalue weighted by Gasteiger charge is 2.14. The molecule has 0 unspecified atom stereocenters. The van der Waals surface area contributed by atoms with E-state index in [1.807, 2.05) is 41.5 Å². The number of hydrogen-bond acceptors (Lipinski definition) is 5. The van der Waals surface area contributed by atoms with Crippen molar-refractivity contribution in [2.45, 2.75) is 54.6 Å². The molecule has 158 valence electrons. The smallest absolute Gasteiger partial charge is 0.211 e. The standard InChI is InChI=1S/C6H13NO2.C5H9NO.C4H9N.CH3NO.CH4.ClH/c1-6(2,9-3)4-7-5-8;1-5(2)3-6-4-7;1-4(2)3-5;2-1-3;;/h5H,4H2,1-3H3,(H,7,8);3-4H,1-2H3,(H,6,7);3H,5H2,1-2H3;1H,(H2,2,3);1H4;1H/p-1. The fraction of sp³-hybridized carbons (Fsp3) is 0.588. The van der Waals surface area contributed by atoms with Crippen LogP contribution >= 0.6 is 0 Å². The van der Waals surface area contributed by atoms with Crippen molar-refractivity contribution in [3.8, 4) is 0 Å². The maximum Gasteiger partial charge on any atom is 0.211 e. The number of allylic oxidation sites excluding steroid dienone is 2. The number of carbonyl (C=O) groups is 3. The predicted octanol–water partition coefficient (Wildman–Crippen LogP) is -1.58. The van der Waals surface area contributed by atoms with Gasteiger partial charge in [0.05, 0.1) is 5.60 Å². The first kappa shape index (κ1) is 39.1. The van der Waals surface area contributed by atoms with Gasteiger partial charge >= 0.3 is 0 Å². The molecule has 0 saturated carbocycles. The molecule has 0 aromatic carbocycles. The first-order valence-electron chi connectivity index (χ1n) is 7.14. The lowest BCUT2D eigenvalue weighted by atomic mass is 10.1. The van der Waals surface area contributed by atoms with Crippen LogP contribution in [0.25, 0.3) is 0 Å². The van der Waals surface area contributed by atoms with Gasteiger partial charge < -0.3 is 39.2 Å². The van der Waals surface area contributed by atoms with E-state index in [9.17, 15) is 9.59 Å². The number of methoxy groups -OCH3 is 1. The van der Waals surface area contributed by atoms with Gasteiger partial charge in [0.1, 0.15) is 0 Å². The Labute approximate surface area is 165 Å². The fourth-order valence-electron chi connectivity index (χ4n) is 0.560. The summed E-state index contributed by atoms with van der Waals surface area (Å²) >= 11 is 0. The molecule has 8 nitrogen and oxygen atoms in total. The second kappa shape index (κ2) is 30.8. The molecular weight excluding hydrogens is 360 g/mol. The van der Waals surface area contributed by atoms with E-state index in [4.69, 9.17) is 15.3 Å². The zero-order chi connectivity index (χ0) is 20.0. The van der Waals surface area contributed by atoms with Crippen molar-refractivity contribution in [1.29, 1.82) is 0 Å². The van der Waals surface area contributed by atoms with Crippen molar-refractivity contribution in [1.82, 2.24) is 10.6 Å². The number of halogens is 1. The number of nitrogens with two attached hydrogens (primary N) is 2. The summed E-state index contributed by atoms with van der Waals surface area (Å²) in [5, 5.41) is 4.94. The molecule has 0 radical (unpaired) electrons. The van der Waals surface area contributed by atoms with Gasteiger partial charge in [0, 0.05) is 19.9 Å². The molecule has 3 amide bonds. The summed E-state index contributed by atoms with van der Waals surface area (Å²) in [6, 6.07) is 0. The summed E-state index contributed by atoms with van der Waals surface area (Å²) < 4.78 is 5.02. The van der Waals surface area contributed by atoms with Gasteiger partial charge in [-0.2, -0.15) is 0 Å². The molecule has 0 spiro atoms. The third kappa shape index (κ3) is 67.5.